The summed E-state index contributed by atoms with van der Waals surface area (Å²) in [6.07, 6.45) is 2.46. The van der Waals surface area contributed by atoms with Gasteiger partial charge in [0.2, 0.25) is 0 Å². The first kappa shape index (κ1) is 25.2. The van der Waals surface area contributed by atoms with E-state index in [9.17, 15) is 22.7 Å². The van der Waals surface area contributed by atoms with E-state index in [2.05, 4.69) is 10.3 Å². The fourth-order valence-corrected chi connectivity index (χ4v) is 6.01. The molecule has 9 heteroatoms. The van der Waals surface area contributed by atoms with Gasteiger partial charge in [-0.15, -0.1) is 0 Å². The van der Waals surface area contributed by atoms with E-state index >= 15 is 0 Å². The van der Waals surface area contributed by atoms with Gasteiger partial charge in [0.25, 0.3) is 0 Å². The number of nitrogens with one attached hydrogen (secondary N) is 1. The van der Waals surface area contributed by atoms with Crippen LogP contribution in [0.15, 0.2) is 48.5 Å². The minimum Gasteiger partial charge on any atom is -0.489 e. The number of hydrogen-bond acceptors (Lipinski definition) is 6. The molecule has 1 fully saturated rings. The highest BCUT2D eigenvalue weighted by Crippen LogP contribution is 2.61. The summed E-state index contributed by atoms with van der Waals surface area (Å²) in [6.45, 7) is 2.44. The predicted molar refractivity (Wildman–Crippen MR) is 139 cm³/mol. The Kier molecular flexibility index (Phi) is 6.66. The number of hydrogen-bond donors (Lipinski definition) is 2. The van der Waals surface area contributed by atoms with Gasteiger partial charge in [0, 0.05) is 35.5 Å². The van der Waals surface area contributed by atoms with Crippen molar-refractivity contribution < 1.29 is 27.4 Å². The second-order valence-electron chi connectivity index (χ2n) is 9.95. The van der Waals surface area contributed by atoms with Gasteiger partial charge in [0.05, 0.1) is 11.7 Å². The number of carbonyl (C=O) groups is 1. The van der Waals surface area contributed by atoms with Gasteiger partial charge >= 0.3 is 5.97 Å². The third-order valence-corrected chi connectivity index (χ3v) is 8.25. The maximum atomic E-state index is 14.6. The highest BCUT2D eigenvalue weighted by Gasteiger charge is 2.59. The standard InChI is InChI=1S/C28H29FN2O5S/c1-16-21(7-9-25(31-16)30-10-3-11-37(2,34)35)17-4-8-24(29)19(12-17)15-36-20-5-6-22-18(13-20)14-23-26(22)27(23)28(32)33/h4-9,12-13,23,26-27H,3,10-11,14-15H2,1-2H3,(H,30,31)(H,32,33)/t23-,26?,27+/m1/s1. The second kappa shape index (κ2) is 9.78. The van der Waals surface area contributed by atoms with Crippen molar-refractivity contribution in [2.24, 2.45) is 11.8 Å². The summed E-state index contributed by atoms with van der Waals surface area (Å²) in [5.74, 6) is 0.366. The van der Waals surface area contributed by atoms with Crippen molar-refractivity contribution >= 4 is 21.6 Å². The van der Waals surface area contributed by atoms with Gasteiger partial charge in [-0.05, 0) is 78.8 Å². The molecule has 2 N–H and O–H groups in total. The quantitative estimate of drug-likeness (QED) is 0.374. The number of ether oxygens (including phenoxy) is 1. The molecule has 37 heavy (non-hydrogen) atoms. The first-order valence-corrected chi connectivity index (χ1v) is 14.3. The Labute approximate surface area is 215 Å². The van der Waals surface area contributed by atoms with Gasteiger partial charge in [-0.25, -0.2) is 17.8 Å². The molecule has 1 aromatic heterocycles. The maximum Gasteiger partial charge on any atom is 0.307 e. The molecule has 0 amide bonds. The first-order chi connectivity index (χ1) is 17.6. The predicted octanol–water partition coefficient (Wildman–Crippen LogP) is 4.59. The highest BCUT2D eigenvalue weighted by molar-refractivity contribution is 7.90. The molecule has 0 radical (unpaired) electrons. The summed E-state index contributed by atoms with van der Waals surface area (Å²) in [6, 6.07) is 14.3. The summed E-state index contributed by atoms with van der Waals surface area (Å²) < 4.78 is 43.1. The van der Waals surface area contributed by atoms with E-state index < -0.39 is 15.8 Å². The summed E-state index contributed by atoms with van der Waals surface area (Å²) >= 11 is 0. The van der Waals surface area contributed by atoms with Gasteiger partial charge < -0.3 is 15.2 Å². The highest BCUT2D eigenvalue weighted by atomic mass is 32.2. The topological polar surface area (TPSA) is 106 Å². The van der Waals surface area contributed by atoms with E-state index in [1.54, 1.807) is 12.1 Å². The number of aryl methyl sites for hydroxylation is 1. The first-order valence-electron chi connectivity index (χ1n) is 12.3. The van der Waals surface area contributed by atoms with Crippen LogP contribution in [0.4, 0.5) is 10.2 Å². The Morgan fingerprint density at radius 3 is 2.73 bits per heavy atom. The minimum absolute atomic E-state index is 0.0650. The molecule has 3 aromatic rings. The molecule has 3 atom stereocenters. The van der Waals surface area contributed by atoms with Crippen LogP contribution in [-0.4, -0.2) is 43.0 Å². The number of aromatic nitrogens is 1. The van der Waals surface area contributed by atoms with E-state index in [0.29, 0.717) is 30.1 Å². The van der Waals surface area contributed by atoms with Crippen LogP contribution in [-0.2, 0) is 27.7 Å². The Morgan fingerprint density at radius 2 is 2.00 bits per heavy atom. The third kappa shape index (κ3) is 5.46. The normalized spacial score (nSPS) is 19.7. The van der Waals surface area contributed by atoms with Crippen LogP contribution in [0.5, 0.6) is 5.75 Å². The van der Waals surface area contributed by atoms with Crippen molar-refractivity contribution in [2.75, 3.05) is 23.9 Å². The van der Waals surface area contributed by atoms with Crippen molar-refractivity contribution in [1.29, 1.82) is 0 Å². The molecular weight excluding hydrogens is 495 g/mol. The van der Waals surface area contributed by atoms with Crippen LogP contribution < -0.4 is 10.1 Å². The average molecular weight is 525 g/mol. The molecule has 1 unspecified atom stereocenters. The lowest BCUT2D eigenvalue weighted by atomic mass is 10.0. The van der Waals surface area contributed by atoms with Gasteiger partial charge in [0.1, 0.15) is 33.8 Å². The SMILES string of the molecule is Cc1nc(NCCCS(C)(=O)=O)ccc1-c1ccc(F)c(COc2ccc3c(c2)C[C@@H]2C3[C@H]2C(=O)O)c1. The number of nitrogens with zero attached hydrogens (tertiary/aromatic N) is 1. The molecule has 0 bridgehead atoms. The summed E-state index contributed by atoms with van der Waals surface area (Å²) in [5, 5.41) is 12.4. The van der Waals surface area contributed by atoms with E-state index in [1.165, 1.54) is 12.3 Å². The molecule has 194 valence electrons. The molecule has 2 aliphatic rings. The second-order valence-corrected chi connectivity index (χ2v) is 12.2. The number of rotatable bonds is 10. The molecule has 0 aliphatic heterocycles. The number of anilines is 1. The van der Waals surface area contributed by atoms with Gasteiger partial charge in [-0.1, -0.05) is 12.1 Å². The smallest absolute Gasteiger partial charge is 0.307 e. The van der Waals surface area contributed by atoms with Crippen molar-refractivity contribution in [3.63, 3.8) is 0 Å². The van der Waals surface area contributed by atoms with E-state index in [4.69, 9.17) is 4.74 Å². The molecule has 1 heterocycles. The minimum atomic E-state index is -2.99. The Hall–Kier alpha value is -3.46. The number of fused-ring (bicyclic) bond motifs is 3. The summed E-state index contributed by atoms with van der Waals surface area (Å²) in [7, 11) is -2.99. The Morgan fingerprint density at radius 1 is 1.19 bits per heavy atom. The number of aliphatic carboxylic acids is 1. The average Bonchev–Trinajstić information content (AvgIpc) is 3.43. The molecule has 0 spiro atoms. The van der Waals surface area contributed by atoms with Crippen LogP contribution >= 0.6 is 0 Å². The van der Waals surface area contributed by atoms with Crippen LogP contribution in [0.3, 0.4) is 0 Å². The molecule has 7 nitrogen and oxygen atoms in total. The van der Waals surface area contributed by atoms with Crippen LogP contribution in [0.25, 0.3) is 11.1 Å². The number of carboxylic acids is 1. The molecular formula is C28H29FN2O5S. The van der Waals surface area contributed by atoms with Crippen molar-refractivity contribution in [2.45, 2.75) is 32.3 Å². The largest absolute Gasteiger partial charge is 0.489 e. The van der Waals surface area contributed by atoms with Gasteiger partial charge in [-0.3, -0.25) is 4.79 Å². The molecule has 5 rings (SSSR count). The van der Waals surface area contributed by atoms with Crippen molar-refractivity contribution in [1.82, 2.24) is 4.98 Å². The Balaban J connectivity index is 1.23. The van der Waals surface area contributed by atoms with E-state index in [1.807, 2.05) is 37.3 Å². The van der Waals surface area contributed by atoms with Gasteiger partial charge in [0.15, 0.2) is 0 Å². The third-order valence-electron chi connectivity index (χ3n) is 7.22. The summed E-state index contributed by atoms with van der Waals surface area (Å²) in [5.41, 5.74) is 5.09. The van der Waals surface area contributed by atoms with Crippen molar-refractivity contribution in [3.05, 3.63) is 76.7 Å². The monoisotopic (exact) mass is 524 g/mol. The molecule has 0 saturated heterocycles. The van der Waals surface area contributed by atoms with Crippen LogP contribution in [0.2, 0.25) is 0 Å². The number of sulfone groups is 1. The zero-order valence-electron chi connectivity index (χ0n) is 20.7. The zero-order valence-corrected chi connectivity index (χ0v) is 21.5. The lowest BCUT2D eigenvalue weighted by Crippen LogP contribution is -2.10. The zero-order chi connectivity index (χ0) is 26.3. The van der Waals surface area contributed by atoms with E-state index in [-0.39, 0.29) is 35.9 Å². The number of halogens is 1. The lowest BCUT2D eigenvalue weighted by molar-refractivity contribution is -0.139. The Bertz CT molecular complexity index is 1470. The van der Waals surface area contributed by atoms with Gasteiger partial charge in [-0.2, -0.15) is 0 Å². The van der Waals surface area contributed by atoms with Crippen LogP contribution in [0, 0.1) is 24.6 Å². The number of benzene rings is 2. The number of carboxylic acid groups (broad SMARTS) is 1. The lowest BCUT2D eigenvalue weighted by Gasteiger charge is -2.13. The fraction of sp³-hybridized carbons (Fsp3) is 0.357. The van der Waals surface area contributed by atoms with Crippen molar-refractivity contribution in [3.8, 4) is 16.9 Å². The molecule has 1 saturated carbocycles. The molecule has 2 aromatic carbocycles. The maximum absolute atomic E-state index is 14.6. The van der Waals surface area contributed by atoms with E-state index in [0.717, 1.165) is 34.4 Å². The fourth-order valence-electron chi connectivity index (χ4n) is 5.35. The summed E-state index contributed by atoms with van der Waals surface area (Å²) in [4.78, 5) is 15.9. The number of pyridine rings is 1. The van der Waals surface area contributed by atoms with Crippen LogP contribution in [0.1, 0.15) is 34.7 Å². The molecule has 2 aliphatic carbocycles.